The van der Waals surface area contributed by atoms with E-state index in [1.807, 2.05) is 51.1 Å². The van der Waals surface area contributed by atoms with Crippen LogP contribution in [-0.4, -0.2) is 48.8 Å². The van der Waals surface area contributed by atoms with Crippen LogP contribution in [0.1, 0.15) is 27.2 Å². The lowest BCUT2D eigenvalue weighted by Crippen LogP contribution is -2.46. The lowest BCUT2D eigenvalue weighted by Gasteiger charge is -2.28. The van der Waals surface area contributed by atoms with E-state index in [0.29, 0.717) is 32.2 Å². The van der Waals surface area contributed by atoms with E-state index >= 15 is 0 Å². The van der Waals surface area contributed by atoms with Crippen molar-refractivity contribution in [1.29, 1.82) is 0 Å². The molecule has 1 heterocycles. The minimum atomic E-state index is -2.60. The highest BCUT2D eigenvalue weighted by Gasteiger charge is 2.39. The molecule has 24 heavy (non-hydrogen) atoms. The molecule has 8 heteroatoms. The summed E-state index contributed by atoms with van der Waals surface area (Å²) in [6.45, 7) is 8.31. The molecule has 0 amide bonds. The number of hydrogen-bond donors (Lipinski definition) is 0. The van der Waals surface area contributed by atoms with Gasteiger partial charge in [0.05, 0.1) is 6.54 Å². The topological polar surface area (TPSA) is 71.3 Å². The quantitative estimate of drug-likeness (QED) is 0.580. The van der Waals surface area contributed by atoms with Crippen molar-refractivity contribution in [2.75, 3.05) is 19.8 Å². The van der Waals surface area contributed by atoms with Gasteiger partial charge in [-0.3, -0.25) is 0 Å². The number of aryl methyl sites for hydroxylation is 1. The first kappa shape index (κ1) is 18.7. The van der Waals surface area contributed by atoms with Gasteiger partial charge in [0.1, 0.15) is 0 Å². The molecule has 132 valence electrons. The van der Waals surface area contributed by atoms with E-state index in [-0.39, 0.29) is 0 Å². The van der Waals surface area contributed by atoms with Crippen molar-refractivity contribution in [3.8, 4) is 11.4 Å². The molecule has 0 atom stereocenters. The minimum absolute atomic E-state index is 0.589. The first-order valence-electron chi connectivity index (χ1n) is 8.48. The average molecular weight is 350 g/mol. The lowest BCUT2D eigenvalue weighted by atomic mass is 10.2. The van der Waals surface area contributed by atoms with E-state index in [2.05, 4.69) is 15.4 Å². The summed E-state index contributed by atoms with van der Waals surface area (Å²) >= 11 is 0. The summed E-state index contributed by atoms with van der Waals surface area (Å²) < 4.78 is 17.6. The molecule has 2 aromatic rings. The van der Waals surface area contributed by atoms with Crippen LogP contribution in [0.15, 0.2) is 30.3 Å². The first-order valence-corrected chi connectivity index (χ1v) is 10.4. The van der Waals surface area contributed by atoms with E-state index in [0.717, 1.165) is 18.0 Å². The minimum Gasteiger partial charge on any atom is -0.374 e. The second kappa shape index (κ2) is 9.63. The predicted molar refractivity (Wildman–Crippen MR) is 93.3 cm³/mol. The Morgan fingerprint density at radius 2 is 1.58 bits per heavy atom. The van der Waals surface area contributed by atoms with Crippen molar-refractivity contribution in [2.24, 2.45) is 0 Å². The van der Waals surface area contributed by atoms with Crippen molar-refractivity contribution >= 4 is 8.80 Å². The Hall–Kier alpha value is -1.61. The molecule has 0 bridgehead atoms. The Labute approximate surface area is 144 Å². The number of nitrogens with zero attached hydrogens (tertiary/aromatic N) is 4. The number of rotatable bonds is 11. The number of benzene rings is 1. The Morgan fingerprint density at radius 1 is 0.958 bits per heavy atom. The zero-order valence-electron chi connectivity index (χ0n) is 14.6. The summed E-state index contributed by atoms with van der Waals surface area (Å²) in [6, 6.07) is 10.6. The molecule has 0 aliphatic rings. The standard InChI is InChI=1S/C16H26N4O3Si/c1-4-21-24(22-5-2,23-6-3)14-10-13-20-18-16(17-19-20)15-11-8-7-9-12-15/h7-9,11-12H,4-6,10,13-14H2,1-3H3. The van der Waals surface area contributed by atoms with E-state index in [9.17, 15) is 0 Å². The summed E-state index contributed by atoms with van der Waals surface area (Å²) in [5.41, 5.74) is 0.963. The Kier molecular flexibility index (Phi) is 7.51. The maximum absolute atomic E-state index is 5.85. The largest absolute Gasteiger partial charge is 0.500 e. The molecule has 1 aromatic carbocycles. The van der Waals surface area contributed by atoms with E-state index in [1.54, 1.807) is 4.80 Å². The van der Waals surface area contributed by atoms with Gasteiger partial charge >= 0.3 is 8.80 Å². The van der Waals surface area contributed by atoms with E-state index < -0.39 is 8.80 Å². The Balaban J connectivity index is 1.93. The van der Waals surface area contributed by atoms with Gasteiger partial charge in [-0.05, 0) is 32.4 Å². The Bertz CT molecular complexity index is 577. The molecular weight excluding hydrogens is 324 g/mol. The lowest BCUT2D eigenvalue weighted by molar-refractivity contribution is 0.0703. The van der Waals surface area contributed by atoms with Crippen LogP contribution in [-0.2, 0) is 19.8 Å². The molecular formula is C16H26N4O3Si. The van der Waals surface area contributed by atoms with Gasteiger partial charge < -0.3 is 13.3 Å². The van der Waals surface area contributed by atoms with Crippen LogP contribution in [0.4, 0.5) is 0 Å². The average Bonchev–Trinajstić information content (AvgIpc) is 3.05. The molecule has 1 aromatic heterocycles. The van der Waals surface area contributed by atoms with E-state index in [1.165, 1.54) is 0 Å². The van der Waals surface area contributed by atoms with Gasteiger partial charge in [0.15, 0.2) is 0 Å². The van der Waals surface area contributed by atoms with Crippen LogP contribution in [0, 0.1) is 0 Å². The molecule has 0 aliphatic carbocycles. The second-order valence-corrected chi connectivity index (χ2v) is 7.89. The third kappa shape index (κ3) is 5.20. The molecule has 0 N–H and O–H groups in total. The molecule has 0 saturated heterocycles. The molecule has 2 rings (SSSR count). The summed E-state index contributed by atoms with van der Waals surface area (Å²) in [4.78, 5) is 1.62. The van der Waals surface area contributed by atoms with Crippen LogP contribution < -0.4 is 0 Å². The SMILES string of the molecule is CCO[Si](CCCn1nnc(-c2ccccc2)n1)(OCC)OCC. The van der Waals surface area contributed by atoms with Gasteiger partial charge in [-0.25, -0.2) is 0 Å². The third-order valence-corrected chi connectivity index (χ3v) is 6.57. The smallest absolute Gasteiger partial charge is 0.374 e. The number of hydrogen-bond acceptors (Lipinski definition) is 6. The van der Waals surface area contributed by atoms with Gasteiger partial charge in [-0.2, -0.15) is 4.80 Å². The van der Waals surface area contributed by atoms with Crippen LogP contribution in [0.25, 0.3) is 11.4 Å². The fourth-order valence-corrected chi connectivity index (χ4v) is 5.07. The van der Waals surface area contributed by atoms with Crippen LogP contribution in [0.3, 0.4) is 0 Å². The van der Waals surface area contributed by atoms with Crippen molar-refractivity contribution < 1.29 is 13.3 Å². The molecule has 7 nitrogen and oxygen atoms in total. The van der Waals surface area contributed by atoms with Crippen molar-refractivity contribution in [2.45, 2.75) is 39.8 Å². The second-order valence-electron chi connectivity index (χ2n) is 5.16. The van der Waals surface area contributed by atoms with Crippen molar-refractivity contribution in [1.82, 2.24) is 20.2 Å². The normalized spacial score (nSPS) is 11.8. The van der Waals surface area contributed by atoms with Crippen molar-refractivity contribution in [3.05, 3.63) is 30.3 Å². The predicted octanol–water partition coefficient (Wildman–Crippen LogP) is 2.78. The Morgan fingerprint density at radius 3 is 2.17 bits per heavy atom. The fraction of sp³-hybridized carbons (Fsp3) is 0.562. The summed E-state index contributed by atoms with van der Waals surface area (Å²) in [6.07, 6.45) is 0.816. The van der Waals surface area contributed by atoms with Gasteiger partial charge in [0.2, 0.25) is 5.82 Å². The zero-order chi connectivity index (χ0) is 17.3. The monoisotopic (exact) mass is 350 g/mol. The molecule has 0 spiro atoms. The molecule has 0 unspecified atom stereocenters. The molecule has 0 aliphatic heterocycles. The number of tetrazole rings is 1. The molecule has 0 saturated carbocycles. The molecule has 0 fully saturated rings. The molecule has 0 radical (unpaired) electrons. The van der Waals surface area contributed by atoms with Crippen LogP contribution in [0.2, 0.25) is 6.04 Å². The maximum atomic E-state index is 5.85. The summed E-state index contributed by atoms with van der Waals surface area (Å²) in [7, 11) is -2.60. The van der Waals surface area contributed by atoms with Crippen LogP contribution >= 0.6 is 0 Å². The maximum Gasteiger partial charge on any atom is 0.500 e. The van der Waals surface area contributed by atoms with Crippen molar-refractivity contribution in [3.63, 3.8) is 0 Å². The first-order chi connectivity index (χ1) is 11.7. The van der Waals surface area contributed by atoms with Crippen LogP contribution in [0.5, 0.6) is 0 Å². The number of aromatic nitrogens is 4. The highest BCUT2D eigenvalue weighted by atomic mass is 28.4. The van der Waals surface area contributed by atoms with E-state index in [4.69, 9.17) is 13.3 Å². The van der Waals surface area contributed by atoms with Gasteiger partial charge in [0, 0.05) is 31.4 Å². The fourth-order valence-electron chi connectivity index (χ4n) is 2.48. The third-order valence-electron chi connectivity index (χ3n) is 3.42. The van der Waals surface area contributed by atoms with Gasteiger partial charge in [-0.15, -0.1) is 10.2 Å². The highest BCUT2D eigenvalue weighted by Crippen LogP contribution is 2.19. The summed E-state index contributed by atoms with van der Waals surface area (Å²) in [5, 5.41) is 12.7. The summed E-state index contributed by atoms with van der Waals surface area (Å²) in [5.74, 6) is 0.638. The zero-order valence-corrected chi connectivity index (χ0v) is 15.6. The van der Waals surface area contributed by atoms with Gasteiger partial charge in [0.25, 0.3) is 0 Å². The highest BCUT2D eigenvalue weighted by molar-refractivity contribution is 6.60. The van der Waals surface area contributed by atoms with Gasteiger partial charge in [-0.1, -0.05) is 30.3 Å².